The summed E-state index contributed by atoms with van der Waals surface area (Å²) in [6, 6.07) is 11.0. The number of anilines is 1. The number of hydrogen-bond acceptors (Lipinski definition) is 6. The summed E-state index contributed by atoms with van der Waals surface area (Å²) in [5.41, 5.74) is 14.3. The molecule has 29 heavy (non-hydrogen) atoms. The van der Waals surface area contributed by atoms with Crippen LogP contribution >= 0.6 is 22.9 Å². The number of nitrogens with two attached hydrogens (primary N) is 2. The van der Waals surface area contributed by atoms with Gasteiger partial charge in [0.2, 0.25) is 11.8 Å². The zero-order valence-electron chi connectivity index (χ0n) is 15.5. The molecule has 0 radical (unpaired) electrons. The van der Waals surface area contributed by atoms with Crippen LogP contribution in [-0.2, 0) is 11.2 Å². The van der Waals surface area contributed by atoms with Crippen molar-refractivity contribution in [3.8, 4) is 16.6 Å². The number of nitrogen functional groups attached to an aromatic ring is 1. The highest BCUT2D eigenvalue weighted by atomic mass is 35.5. The average Bonchev–Trinajstić information content (AvgIpc) is 3.25. The first-order chi connectivity index (χ1) is 13.9. The topological polar surface area (TPSA) is 109 Å². The SMILES string of the molecule is C[C@@H](Oc1nc(-c2cnc3ccc(N)cn23)sc1CC(N)=O)c1ccccc1Cl. The first-order valence-electron chi connectivity index (χ1n) is 8.84. The van der Waals surface area contributed by atoms with E-state index in [1.54, 1.807) is 24.5 Å². The zero-order valence-corrected chi connectivity index (χ0v) is 17.1. The second-order valence-corrected chi connectivity index (χ2v) is 8.00. The summed E-state index contributed by atoms with van der Waals surface area (Å²) in [4.78, 5) is 21.2. The minimum Gasteiger partial charge on any atom is -0.469 e. The first kappa shape index (κ1) is 19.2. The van der Waals surface area contributed by atoms with E-state index in [4.69, 9.17) is 27.8 Å². The monoisotopic (exact) mass is 427 g/mol. The Balaban J connectivity index is 1.74. The minimum absolute atomic E-state index is 0.0289. The molecule has 0 fully saturated rings. The van der Waals surface area contributed by atoms with E-state index in [0.717, 1.165) is 16.9 Å². The molecule has 0 unspecified atom stereocenters. The Hall–Kier alpha value is -3.10. The molecule has 3 heterocycles. The van der Waals surface area contributed by atoms with Gasteiger partial charge in [0.25, 0.3) is 0 Å². The van der Waals surface area contributed by atoms with Crippen molar-refractivity contribution in [2.75, 3.05) is 5.73 Å². The molecule has 3 aromatic heterocycles. The van der Waals surface area contributed by atoms with E-state index in [9.17, 15) is 4.79 Å². The molecule has 0 saturated heterocycles. The first-order valence-corrected chi connectivity index (χ1v) is 10.0. The van der Waals surface area contributed by atoms with Gasteiger partial charge in [-0.25, -0.2) is 4.98 Å². The molecule has 4 rings (SSSR count). The molecular formula is C20H18ClN5O2S. The summed E-state index contributed by atoms with van der Waals surface area (Å²) in [5.74, 6) is -0.104. The van der Waals surface area contributed by atoms with Crippen LogP contribution in [0.3, 0.4) is 0 Å². The Morgan fingerprint density at radius 3 is 2.86 bits per heavy atom. The number of ether oxygens (including phenoxy) is 1. The maximum atomic E-state index is 11.6. The van der Waals surface area contributed by atoms with Gasteiger partial charge < -0.3 is 16.2 Å². The van der Waals surface area contributed by atoms with Crippen molar-refractivity contribution < 1.29 is 9.53 Å². The Labute approximate surface area is 175 Å². The summed E-state index contributed by atoms with van der Waals surface area (Å²) < 4.78 is 7.93. The molecule has 1 atom stereocenters. The van der Waals surface area contributed by atoms with Gasteiger partial charge in [0, 0.05) is 22.5 Å². The van der Waals surface area contributed by atoms with Crippen LogP contribution in [-0.4, -0.2) is 20.3 Å². The highest BCUT2D eigenvalue weighted by Crippen LogP contribution is 2.36. The van der Waals surface area contributed by atoms with Crippen LogP contribution < -0.4 is 16.2 Å². The van der Waals surface area contributed by atoms with Crippen molar-refractivity contribution in [3.05, 3.63) is 64.3 Å². The Kier molecular flexibility index (Phi) is 5.12. The second kappa shape index (κ2) is 7.73. The number of aromatic nitrogens is 3. The van der Waals surface area contributed by atoms with E-state index in [0.29, 0.717) is 26.5 Å². The zero-order chi connectivity index (χ0) is 20.5. The Morgan fingerprint density at radius 2 is 2.10 bits per heavy atom. The number of thiazole rings is 1. The smallest absolute Gasteiger partial charge is 0.229 e. The number of nitrogens with zero attached hydrogens (tertiary/aromatic N) is 3. The van der Waals surface area contributed by atoms with Crippen molar-refractivity contribution in [1.82, 2.24) is 14.4 Å². The van der Waals surface area contributed by atoms with E-state index in [2.05, 4.69) is 9.97 Å². The van der Waals surface area contributed by atoms with Crippen LogP contribution in [0.2, 0.25) is 5.02 Å². The minimum atomic E-state index is -0.460. The van der Waals surface area contributed by atoms with E-state index < -0.39 is 5.91 Å². The van der Waals surface area contributed by atoms with E-state index >= 15 is 0 Å². The maximum absolute atomic E-state index is 11.6. The summed E-state index contributed by atoms with van der Waals surface area (Å²) in [7, 11) is 0. The molecule has 1 aromatic carbocycles. The molecule has 0 aliphatic heterocycles. The van der Waals surface area contributed by atoms with E-state index in [1.807, 2.05) is 35.6 Å². The van der Waals surface area contributed by atoms with Crippen LogP contribution in [0, 0.1) is 0 Å². The summed E-state index contributed by atoms with van der Waals surface area (Å²) in [6.45, 7) is 1.88. The molecule has 0 saturated carbocycles. The molecule has 148 valence electrons. The average molecular weight is 428 g/mol. The van der Waals surface area contributed by atoms with Gasteiger partial charge >= 0.3 is 0 Å². The van der Waals surface area contributed by atoms with Crippen LogP contribution in [0.5, 0.6) is 5.88 Å². The van der Waals surface area contributed by atoms with Crippen molar-refractivity contribution in [2.24, 2.45) is 5.73 Å². The number of halogens is 1. The molecule has 7 nitrogen and oxygen atoms in total. The van der Waals surface area contributed by atoms with Gasteiger partial charge in [0.1, 0.15) is 22.5 Å². The quantitative estimate of drug-likeness (QED) is 0.485. The third kappa shape index (κ3) is 3.90. The number of primary amides is 1. The summed E-state index contributed by atoms with van der Waals surface area (Å²) >= 11 is 7.62. The fourth-order valence-corrected chi connectivity index (χ4v) is 4.30. The van der Waals surface area contributed by atoms with Gasteiger partial charge in [0.15, 0.2) is 0 Å². The molecule has 9 heteroatoms. The molecule has 0 aliphatic rings. The lowest BCUT2D eigenvalue weighted by Gasteiger charge is -2.15. The number of imidazole rings is 1. The van der Waals surface area contributed by atoms with Gasteiger partial charge in [-0.3, -0.25) is 9.20 Å². The predicted octanol–water partition coefficient (Wildman–Crippen LogP) is 3.86. The fraction of sp³-hybridized carbons (Fsp3) is 0.150. The fourth-order valence-electron chi connectivity index (χ4n) is 3.00. The van der Waals surface area contributed by atoms with Gasteiger partial charge in [0.05, 0.1) is 17.5 Å². The normalized spacial score (nSPS) is 12.2. The summed E-state index contributed by atoms with van der Waals surface area (Å²) in [5, 5.41) is 1.25. The van der Waals surface area contributed by atoms with Crippen molar-refractivity contribution in [3.63, 3.8) is 0 Å². The lowest BCUT2D eigenvalue weighted by molar-refractivity contribution is -0.117. The lowest BCUT2D eigenvalue weighted by atomic mass is 10.1. The van der Waals surface area contributed by atoms with E-state index in [1.165, 1.54) is 11.3 Å². The number of carbonyl (C=O) groups excluding carboxylic acids is 1. The van der Waals surface area contributed by atoms with Crippen LogP contribution in [0.4, 0.5) is 5.69 Å². The second-order valence-electron chi connectivity index (χ2n) is 6.51. The van der Waals surface area contributed by atoms with Crippen molar-refractivity contribution in [2.45, 2.75) is 19.4 Å². The molecule has 4 aromatic rings. The highest BCUT2D eigenvalue weighted by molar-refractivity contribution is 7.15. The van der Waals surface area contributed by atoms with Gasteiger partial charge in [-0.15, -0.1) is 11.3 Å². The van der Waals surface area contributed by atoms with Crippen LogP contribution in [0.25, 0.3) is 16.3 Å². The maximum Gasteiger partial charge on any atom is 0.229 e. The predicted molar refractivity (Wildman–Crippen MR) is 114 cm³/mol. The molecule has 1 amide bonds. The molecule has 0 spiro atoms. The Bertz CT molecular complexity index is 1200. The standard InChI is InChI=1S/C20H18ClN5O2S/c1-11(13-4-2-3-5-14(13)21)28-19-16(8-17(23)27)29-20(25-19)15-9-24-18-7-6-12(22)10-26(15)18/h2-7,9-11H,8,22H2,1H3,(H2,23,27)/t11-/m1/s1. The molecular weight excluding hydrogens is 410 g/mol. The number of benzene rings is 1. The third-order valence-electron chi connectivity index (χ3n) is 4.38. The van der Waals surface area contributed by atoms with Crippen LogP contribution in [0.15, 0.2) is 48.8 Å². The largest absolute Gasteiger partial charge is 0.469 e. The number of fused-ring (bicyclic) bond motifs is 1. The lowest BCUT2D eigenvalue weighted by Crippen LogP contribution is -2.14. The molecule has 0 aliphatic carbocycles. The highest BCUT2D eigenvalue weighted by Gasteiger charge is 2.21. The number of hydrogen-bond donors (Lipinski definition) is 2. The van der Waals surface area contributed by atoms with Crippen LogP contribution in [0.1, 0.15) is 23.5 Å². The van der Waals surface area contributed by atoms with Gasteiger partial charge in [-0.1, -0.05) is 29.8 Å². The molecule has 4 N–H and O–H groups in total. The Morgan fingerprint density at radius 1 is 1.31 bits per heavy atom. The van der Waals surface area contributed by atoms with E-state index in [-0.39, 0.29) is 12.5 Å². The summed E-state index contributed by atoms with van der Waals surface area (Å²) in [6.07, 6.45) is 3.16. The van der Waals surface area contributed by atoms with Gasteiger partial charge in [-0.05, 0) is 25.1 Å². The van der Waals surface area contributed by atoms with Crippen molar-refractivity contribution >= 4 is 40.2 Å². The number of rotatable bonds is 6. The number of carbonyl (C=O) groups is 1. The third-order valence-corrected chi connectivity index (χ3v) is 5.78. The molecule has 0 bridgehead atoms. The number of amides is 1. The van der Waals surface area contributed by atoms with Gasteiger partial charge in [-0.2, -0.15) is 4.98 Å². The van der Waals surface area contributed by atoms with Crippen molar-refractivity contribution in [1.29, 1.82) is 0 Å². The number of pyridine rings is 1.